The molecule has 1 N–H and O–H groups in total. The van der Waals surface area contributed by atoms with E-state index in [1.165, 1.54) is 17.8 Å². The molecule has 0 spiro atoms. The monoisotopic (exact) mass is 512 g/mol. The number of halogens is 1. The highest BCUT2D eigenvalue weighted by atomic mass is 32.2. The van der Waals surface area contributed by atoms with Crippen molar-refractivity contribution in [3.05, 3.63) is 125 Å². The van der Waals surface area contributed by atoms with Crippen LogP contribution in [0, 0.1) is 5.82 Å². The number of benzene rings is 3. The number of rotatable bonds is 8. The molecule has 6 nitrogen and oxygen atoms in total. The van der Waals surface area contributed by atoms with Gasteiger partial charge in [0, 0.05) is 11.4 Å². The van der Waals surface area contributed by atoms with Crippen LogP contribution < -0.4 is 5.32 Å². The first-order valence-electron chi connectivity index (χ1n) is 11.8. The molecule has 1 aliphatic rings. The first-order valence-corrected chi connectivity index (χ1v) is 12.8. The van der Waals surface area contributed by atoms with E-state index in [-0.39, 0.29) is 12.4 Å². The summed E-state index contributed by atoms with van der Waals surface area (Å²) in [5.74, 6) is 0.204. The van der Waals surface area contributed by atoms with E-state index in [1.807, 2.05) is 79.7 Å². The van der Waals surface area contributed by atoms with E-state index in [0.29, 0.717) is 33.7 Å². The van der Waals surface area contributed by atoms with Crippen molar-refractivity contribution >= 4 is 29.8 Å². The minimum atomic E-state index is -0.532. The topological polar surface area (TPSA) is 69.0 Å². The maximum absolute atomic E-state index is 14.1. The summed E-state index contributed by atoms with van der Waals surface area (Å²) in [7, 11) is 0. The summed E-state index contributed by atoms with van der Waals surface area (Å²) in [6, 6.07) is 25.5. The average Bonchev–Trinajstić information content (AvgIpc) is 3.33. The maximum Gasteiger partial charge on any atom is 0.338 e. The fourth-order valence-corrected chi connectivity index (χ4v) is 4.82. The van der Waals surface area contributed by atoms with Gasteiger partial charge in [0.05, 0.1) is 5.57 Å². The molecule has 1 atom stereocenters. The molecule has 8 heteroatoms. The van der Waals surface area contributed by atoms with Crippen molar-refractivity contribution < 1.29 is 13.9 Å². The third-order valence-corrected chi connectivity index (χ3v) is 6.78. The number of anilines is 1. The molecule has 0 amide bonds. The lowest BCUT2D eigenvalue weighted by molar-refractivity contribution is -0.140. The highest BCUT2D eigenvalue weighted by molar-refractivity contribution is 7.98. The Labute approximate surface area is 218 Å². The van der Waals surface area contributed by atoms with Crippen molar-refractivity contribution in [2.45, 2.75) is 30.5 Å². The Morgan fingerprint density at radius 2 is 1.76 bits per heavy atom. The predicted molar refractivity (Wildman–Crippen MR) is 143 cm³/mol. The summed E-state index contributed by atoms with van der Waals surface area (Å²) in [6.07, 6.45) is 3.87. The molecular formula is C29H25FN4O2S. The second kappa shape index (κ2) is 11.3. The van der Waals surface area contributed by atoms with E-state index in [2.05, 4.69) is 15.4 Å². The van der Waals surface area contributed by atoms with E-state index in [9.17, 15) is 9.18 Å². The lowest BCUT2D eigenvalue weighted by Crippen LogP contribution is -2.28. The molecule has 4 aromatic rings. The summed E-state index contributed by atoms with van der Waals surface area (Å²) in [5, 5.41) is 8.34. The van der Waals surface area contributed by atoms with E-state index in [0.717, 1.165) is 11.1 Å². The minimum absolute atomic E-state index is 0.166. The first-order chi connectivity index (χ1) is 18.1. The molecule has 2 heterocycles. The molecule has 0 radical (unpaired) electrons. The molecule has 0 fully saturated rings. The van der Waals surface area contributed by atoms with Gasteiger partial charge in [-0.3, -0.25) is 0 Å². The number of aromatic nitrogens is 3. The molecule has 1 unspecified atom stereocenters. The molecule has 1 aromatic heterocycles. The van der Waals surface area contributed by atoms with Crippen LogP contribution in [0.15, 0.2) is 107 Å². The van der Waals surface area contributed by atoms with Gasteiger partial charge in [-0.15, -0.1) is 5.10 Å². The standard InChI is InChI=1S/C29H25FN4O2S/c1-20-26(27(35)36-18-22-12-6-3-7-13-22)25(17-16-21-10-4-2-5-11-21)34-28(31-20)32-29(33-34)37-19-23-14-8-9-15-24(23)30/h2-17,25H,18-19H2,1H3,(H,31,32,33). The van der Waals surface area contributed by atoms with Crippen LogP contribution in [0.25, 0.3) is 6.08 Å². The summed E-state index contributed by atoms with van der Waals surface area (Å²) in [5.41, 5.74) is 3.57. The van der Waals surface area contributed by atoms with Crippen molar-refractivity contribution in [1.29, 1.82) is 0 Å². The van der Waals surface area contributed by atoms with Gasteiger partial charge in [0.25, 0.3) is 0 Å². The van der Waals surface area contributed by atoms with Crippen LogP contribution in [0.3, 0.4) is 0 Å². The van der Waals surface area contributed by atoms with Gasteiger partial charge >= 0.3 is 5.97 Å². The Morgan fingerprint density at radius 1 is 1.05 bits per heavy atom. The highest BCUT2D eigenvalue weighted by Crippen LogP contribution is 2.34. The number of allylic oxidation sites excluding steroid dienone is 2. The normalized spacial score (nSPS) is 14.9. The van der Waals surface area contributed by atoms with Gasteiger partial charge in [0.2, 0.25) is 11.1 Å². The van der Waals surface area contributed by atoms with Crippen LogP contribution in [0.4, 0.5) is 10.3 Å². The Bertz CT molecular complexity index is 1450. The van der Waals surface area contributed by atoms with E-state index in [1.54, 1.807) is 22.9 Å². The third-order valence-electron chi connectivity index (χ3n) is 5.89. The van der Waals surface area contributed by atoms with Crippen molar-refractivity contribution in [3.63, 3.8) is 0 Å². The van der Waals surface area contributed by atoms with Gasteiger partial charge < -0.3 is 10.1 Å². The Hall–Kier alpha value is -4.17. The fourth-order valence-electron chi connectivity index (χ4n) is 4.00. The largest absolute Gasteiger partial charge is 0.457 e. The van der Waals surface area contributed by atoms with Crippen LogP contribution in [0.2, 0.25) is 0 Å². The summed E-state index contributed by atoms with van der Waals surface area (Å²) in [4.78, 5) is 17.9. The first kappa shape index (κ1) is 24.5. The second-order valence-corrected chi connectivity index (χ2v) is 9.43. The van der Waals surface area contributed by atoms with Gasteiger partial charge in [-0.1, -0.05) is 103 Å². The quantitative estimate of drug-likeness (QED) is 0.217. The van der Waals surface area contributed by atoms with Crippen LogP contribution in [-0.4, -0.2) is 20.7 Å². The zero-order chi connectivity index (χ0) is 25.6. The number of carbonyl (C=O) groups excluding carboxylic acids is 1. The number of thioether (sulfide) groups is 1. The third kappa shape index (κ3) is 5.81. The van der Waals surface area contributed by atoms with E-state index >= 15 is 0 Å². The molecule has 0 saturated carbocycles. The van der Waals surface area contributed by atoms with Crippen LogP contribution in [0.5, 0.6) is 0 Å². The molecular weight excluding hydrogens is 487 g/mol. The highest BCUT2D eigenvalue weighted by Gasteiger charge is 2.32. The lowest BCUT2D eigenvalue weighted by atomic mass is 10.0. The summed E-state index contributed by atoms with van der Waals surface area (Å²) < 4.78 is 21.4. The Balaban J connectivity index is 1.42. The predicted octanol–water partition coefficient (Wildman–Crippen LogP) is 6.41. The maximum atomic E-state index is 14.1. The molecule has 186 valence electrons. The van der Waals surface area contributed by atoms with E-state index in [4.69, 9.17) is 4.74 Å². The van der Waals surface area contributed by atoms with Crippen molar-refractivity contribution in [1.82, 2.24) is 14.8 Å². The zero-order valence-corrected chi connectivity index (χ0v) is 21.0. The minimum Gasteiger partial charge on any atom is -0.457 e. The molecule has 0 saturated heterocycles. The lowest BCUT2D eigenvalue weighted by Gasteiger charge is -2.25. The van der Waals surface area contributed by atoms with Gasteiger partial charge in [0.15, 0.2) is 0 Å². The molecule has 1 aliphatic heterocycles. The van der Waals surface area contributed by atoms with Crippen molar-refractivity contribution in [2.75, 3.05) is 5.32 Å². The number of nitrogens with one attached hydrogen (secondary N) is 1. The number of hydrogen-bond acceptors (Lipinski definition) is 6. The SMILES string of the molecule is CC1=C(C(=O)OCc2ccccc2)C(C=Cc2ccccc2)n2nc(SCc3ccccc3F)nc2N1. The molecule has 5 rings (SSSR count). The zero-order valence-electron chi connectivity index (χ0n) is 20.2. The van der Waals surface area contributed by atoms with Crippen molar-refractivity contribution in [2.24, 2.45) is 0 Å². The number of ether oxygens (including phenoxy) is 1. The summed E-state index contributed by atoms with van der Waals surface area (Å²) in [6.45, 7) is 1.99. The molecule has 0 bridgehead atoms. The second-order valence-electron chi connectivity index (χ2n) is 8.48. The number of nitrogens with zero attached hydrogens (tertiary/aromatic N) is 3. The molecule has 0 aliphatic carbocycles. The van der Waals surface area contributed by atoms with E-state index < -0.39 is 12.0 Å². The van der Waals surface area contributed by atoms with Gasteiger partial charge in [-0.25, -0.2) is 13.9 Å². The van der Waals surface area contributed by atoms with Crippen LogP contribution >= 0.6 is 11.8 Å². The number of fused-ring (bicyclic) bond motifs is 1. The van der Waals surface area contributed by atoms with Gasteiger partial charge in [-0.2, -0.15) is 4.98 Å². The number of hydrogen-bond donors (Lipinski definition) is 1. The van der Waals surface area contributed by atoms with Crippen LogP contribution in [-0.2, 0) is 21.9 Å². The molecule has 3 aromatic carbocycles. The fraction of sp³-hybridized carbons (Fsp3) is 0.138. The smallest absolute Gasteiger partial charge is 0.338 e. The van der Waals surface area contributed by atoms with Crippen molar-refractivity contribution in [3.8, 4) is 0 Å². The van der Waals surface area contributed by atoms with Gasteiger partial charge in [-0.05, 0) is 29.7 Å². The summed E-state index contributed by atoms with van der Waals surface area (Å²) >= 11 is 1.33. The Kier molecular flexibility index (Phi) is 7.46. The molecule has 37 heavy (non-hydrogen) atoms. The number of esters is 1. The van der Waals surface area contributed by atoms with Gasteiger partial charge in [0.1, 0.15) is 18.5 Å². The average molecular weight is 513 g/mol. The number of carbonyl (C=O) groups is 1. The van der Waals surface area contributed by atoms with Crippen LogP contribution in [0.1, 0.15) is 29.7 Å². The Morgan fingerprint density at radius 3 is 2.51 bits per heavy atom.